The van der Waals surface area contributed by atoms with E-state index in [-0.39, 0.29) is 86.7 Å². The van der Waals surface area contributed by atoms with Crippen molar-refractivity contribution >= 4 is 87.5 Å². The molecule has 15 nitrogen and oxygen atoms in total. The number of hydrogen-bond donors (Lipinski definition) is 6. The summed E-state index contributed by atoms with van der Waals surface area (Å²) >= 11 is 8.10. The van der Waals surface area contributed by atoms with Gasteiger partial charge >= 0.3 is 0 Å². The molecule has 4 aliphatic rings. The number of thioether (sulfide) groups is 1. The second-order valence-electron chi connectivity index (χ2n) is 17.9. The first-order chi connectivity index (χ1) is 32.2. The first kappa shape index (κ1) is 73.7. The molecule has 0 bridgehead atoms. The molecule has 0 spiro atoms. The second-order valence-corrected chi connectivity index (χ2v) is 19.8. The smallest absolute Gasteiger partial charge is 0.240 e. The van der Waals surface area contributed by atoms with Crippen LogP contribution < -0.4 is 27.4 Å². The zero-order chi connectivity index (χ0) is 50.2. The predicted molar refractivity (Wildman–Crippen MR) is 299 cm³/mol. The van der Waals surface area contributed by atoms with Gasteiger partial charge in [-0.2, -0.15) is 12.6 Å². The summed E-state index contributed by atoms with van der Waals surface area (Å²) in [6.07, 6.45) is 32.3. The second kappa shape index (κ2) is 48.4. The molecule has 0 aromatic heterocycles. The molecule has 4 atom stereocenters. The predicted octanol–water partition coefficient (Wildman–Crippen LogP) is 8.91. The van der Waals surface area contributed by atoms with E-state index in [1.54, 1.807) is 7.05 Å². The fourth-order valence-corrected chi connectivity index (χ4v) is 9.43. The summed E-state index contributed by atoms with van der Waals surface area (Å²) in [5.74, 6) is -0.809. The molecule has 0 aromatic rings. The van der Waals surface area contributed by atoms with Crippen molar-refractivity contribution < 1.29 is 38.4 Å². The minimum absolute atomic E-state index is 0. The maximum Gasteiger partial charge on any atom is 0.240 e. The fourth-order valence-electron chi connectivity index (χ4n) is 8.21. The van der Waals surface area contributed by atoms with Crippen LogP contribution in [0.4, 0.5) is 0 Å². The van der Waals surface area contributed by atoms with Crippen molar-refractivity contribution in [3.8, 4) is 0 Å². The van der Waals surface area contributed by atoms with E-state index in [1.807, 2.05) is 20.8 Å². The van der Waals surface area contributed by atoms with Gasteiger partial charge in [0.25, 0.3) is 0 Å². The number of hydrogen-bond acceptors (Lipinski definition) is 10. The number of alkyl halides is 1. The minimum atomic E-state index is -0.577. The Balaban J connectivity index is -0.000000412. The molecular weight excluding hydrogens is 995 g/mol. The van der Waals surface area contributed by atoms with Gasteiger partial charge in [-0.15, -0.1) is 11.8 Å². The monoisotopic (exact) mass is 1100 g/mol. The van der Waals surface area contributed by atoms with Crippen molar-refractivity contribution in [2.75, 3.05) is 55.8 Å². The van der Waals surface area contributed by atoms with E-state index in [0.29, 0.717) is 63.6 Å². The van der Waals surface area contributed by atoms with E-state index < -0.39 is 23.9 Å². The number of amides is 7. The number of carbonyl (C=O) groups is 8. The Bertz CT molecular complexity index is 1340. The lowest BCUT2D eigenvalue weighted by molar-refractivity contribution is -0.136. The maximum atomic E-state index is 12.0. The topological polar surface area (TPSA) is 231 Å². The van der Waals surface area contributed by atoms with E-state index in [4.69, 9.17) is 11.5 Å². The highest BCUT2D eigenvalue weighted by molar-refractivity contribution is 9.09. The molecule has 7 N–H and O–H groups in total. The molecule has 2 saturated carbocycles. The van der Waals surface area contributed by atoms with E-state index in [2.05, 4.69) is 44.5 Å². The lowest BCUT2D eigenvalue weighted by Gasteiger charge is -2.24. The molecule has 412 valence electrons. The number of nitrogens with one attached hydrogen (secondary N) is 3. The molecule has 0 radical (unpaired) electrons. The Kier molecular flexibility index (Phi) is 50.9. The number of Topliss-reactive ketones (excluding diaryl/α,β-unsaturated/α-hetero) is 1. The molecule has 2 heterocycles. The Morgan fingerprint density at radius 3 is 1.11 bits per heavy atom. The normalized spacial score (nSPS) is 19.1. The van der Waals surface area contributed by atoms with Gasteiger partial charge in [-0.05, 0) is 12.8 Å². The zero-order valence-electron chi connectivity index (χ0n) is 41.7. The number of rotatable bonds is 17. The van der Waals surface area contributed by atoms with Crippen molar-refractivity contribution in [1.82, 2.24) is 25.8 Å². The lowest BCUT2D eigenvalue weighted by atomic mass is 10.0. The molecule has 4 rings (SSSR count). The van der Waals surface area contributed by atoms with Gasteiger partial charge in [0.15, 0.2) is 0 Å². The van der Waals surface area contributed by atoms with Gasteiger partial charge < -0.3 is 37.2 Å². The van der Waals surface area contributed by atoms with Crippen molar-refractivity contribution in [3.63, 3.8) is 0 Å². The van der Waals surface area contributed by atoms with Crippen molar-refractivity contribution in [1.29, 1.82) is 0 Å². The third-order valence-corrected chi connectivity index (χ3v) is 14.1. The summed E-state index contributed by atoms with van der Waals surface area (Å²) < 4.78 is 0. The molecule has 7 amide bonds. The average molecular weight is 1100 g/mol. The Labute approximate surface area is 444 Å². The number of nitrogens with zero attached hydrogens (tertiary/aromatic N) is 2. The summed E-state index contributed by atoms with van der Waals surface area (Å²) in [6.45, 7) is 7.16. The molecule has 18 heteroatoms. The molecule has 2 aliphatic heterocycles. The van der Waals surface area contributed by atoms with E-state index in [9.17, 15) is 38.4 Å². The molecular formula is C52H102BrN7O8S2. The van der Waals surface area contributed by atoms with Crippen LogP contribution in [0, 0.1) is 11.8 Å². The average Bonchev–Trinajstić information content (AvgIpc) is 3.89. The highest BCUT2D eigenvalue weighted by atomic mass is 79.9. The largest absolute Gasteiger partial charge is 0.368 e. The van der Waals surface area contributed by atoms with Crippen LogP contribution in [-0.4, -0.2) is 125 Å². The molecule has 4 fully saturated rings. The summed E-state index contributed by atoms with van der Waals surface area (Å²) in [7, 11) is 1.54. The van der Waals surface area contributed by atoms with E-state index in [0.717, 1.165) is 0 Å². The van der Waals surface area contributed by atoms with Gasteiger partial charge in [0.2, 0.25) is 41.4 Å². The number of carbonyl (C=O) groups excluding carboxylic acids is 8. The van der Waals surface area contributed by atoms with Gasteiger partial charge in [-0.3, -0.25) is 38.4 Å². The Morgan fingerprint density at radius 2 is 0.886 bits per heavy atom. The number of primary amides is 2. The molecule has 2 unspecified atom stereocenters. The van der Waals surface area contributed by atoms with Gasteiger partial charge in [0.05, 0.1) is 22.6 Å². The lowest BCUT2D eigenvalue weighted by Crippen LogP contribution is -2.45. The summed E-state index contributed by atoms with van der Waals surface area (Å²) in [4.78, 5) is 93.3. The highest BCUT2D eigenvalue weighted by Gasteiger charge is 2.37. The van der Waals surface area contributed by atoms with Crippen molar-refractivity contribution in [3.05, 3.63) is 0 Å². The van der Waals surface area contributed by atoms with Crippen LogP contribution in [0.3, 0.4) is 0 Å². The number of thiol groups is 1. The third kappa shape index (κ3) is 37.0. The number of nitrogens with two attached hydrogens (primary N) is 2. The van der Waals surface area contributed by atoms with Crippen LogP contribution in [0.5, 0.6) is 0 Å². The first-order valence-corrected chi connectivity index (χ1v) is 28.3. The summed E-state index contributed by atoms with van der Waals surface area (Å²) in [5, 5.41) is 8.43. The van der Waals surface area contributed by atoms with Gasteiger partial charge in [0.1, 0.15) is 17.9 Å². The maximum absolute atomic E-state index is 12.0. The van der Waals surface area contributed by atoms with Gasteiger partial charge in [-0.1, -0.05) is 187 Å². The molecule has 70 heavy (non-hydrogen) atoms. The van der Waals surface area contributed by atoms with Crippen LogP contribution in [0.15, 0.2) is 0 Å². The molecule has 2 saturated heterocycles. The zero-order valence-corrected chi connectivity index (χ0v) is 45.0. The number of likely N-dealkylation sites (tertiary alicyclic amines) is 2. The standard InChI is InChI=1S/C14H24N4O4S.C11H19N3O3S.2C10H20.C4H7BrO.3CH4/c1-3-10(14(15)22)18-6-9(4-13(18)21)5-17-12(20)8-23-7-11(19)16-2;1-2-8(11(12)17)14-5-7(3-10(14)16)4-13-9(15)6-18;2*1-2-4-6-8-10-9-7-5-3-1;1-2-4(6)3-5;;;/h9-10H,3-8H2,1-2H3,(H2,15,22)(H,16,19)(H,17,20);7-8,18H,2-6H2,1H3,(H2,12,17)(H,13,15);2*1-10H2;2-3H2,1H3;3*1H4/t9?,10-;7?,8-;;;;;;/m00....../s1. The van der Waals surface area contributed by atoms with Gasteiger partial charge in [-0.25, -0.2) is 0 Å². The Morgan fingerprint density at radius 1 is 0.586 bits per heavy atom. The van der Waals surface area contributed by atoms with Crippen LogP contribution in [0.25, 0.3) is 0 Å². The summed E-state index contributed by atoms with van der Waals surface area (Å²) in [6, 6.07) is -1.12. The SMILES string of the molecule is C.C.C.C1CCCCCCCCC1.C1CCCCCCCCC1.CCC(=O)CBr.CC[C@@H](C(N)=O)N1CC(CNC(=O)CS)CC1=O.CC[C@@H](C(N)=O)N1CC(CNC(=O)CSCC(=O)NC)CC1=O. The Hall–Kier alpha value is -2.86. The van der Waals surface area contributed by atoms with Crippen molar-refractivity contribution in [2.24, 2.45) is 23.3 Å². The van der Waals surface area contributed by atoms with Gasteiger partial charge in [0, 0.05) is 64.3 Å². The highest BCUT2D eigenvalue weighted by Crippen LogP contribution is 2.23. The minimum Gasteiger partial charge on any atom is -0.368 e. The summed E-state index contributed by atoms with van der Waals surface area (Å²) in [5.41, 5.74) is 10.6. The van der Waals surface area contributed by atoms with Crippen LogP contribution in [-0.2, 0) is 38.4 Å². The van der Waals surface area contributed by atoms with Crippen molar-refractivity contribution in [2.45, 2.75) is 216 Å². The quantitative estimate of drug-likeness (QED) is 0.0602. The molecule has 0 aromatic carbocycles. The van der Waals surface area contributed by atoms with E-state index in [1.165, 1.54) is 150 Å². The number of ketones is 1. The van der Waals surface area contributed by atoms with Crippen LogP contribution in [0.2, 0.25) is 0 Å². The van der Waals surface area contributed by atoms with Crippen LogP contribution >= 0.6 is 40.3 Å². The number of halogens is 1. The molecule has 2 aliphatic carbocycles. The fraction of sp³-hybridized carbons (Fsp3) is 0.846. The first-order valence-electron chi connectivity index (χ1n) is 25.4. The van der Waals surface area contributed by atoms with E-state index >= 15 is 0 Å². The third-order valence-electron chi connectivity index (χ3n) is 12.3. The van der Waals surface area contributed by atoms with Crippen LogP contribution in [0.1, 0.15) is 204 Å².